The van der Waals surface area contributed by atoms with E-state index in [1.807, 2.05) is 44.4 Å². The molecule has 0 bridgehead atoms. The van der Waals surface area contributed by atoms with E-state index in [1.165, 1.54) is 6.21 Å². The van der Waals surface area contributed by atoms with Gasteiger partial charge < -0.3 is 10.1 Å². The largest absolute Gasteiger partial charge is 0.411 e. The van der Waals surface area contributed by atoms with Crippen molar-refractivity contribution >= 4 is 30.1 Å². The third kappa shape index (κ3) is 4.46. The van der Waals surface area contributed by atoms with Gasteiger partial charge in [0.25, 0.3) is 0 Å². The lowest BCUT2D eigenvalue weighted by molar-refractivity contribution is 0.322. The smallest absolute Gasteiger partial charge is 0.150 e. The van der Waals surface area contributed by atoms with E-state index in [9.17, 15) is 0 Å². The lowest BCUT2D eigenvalue weighted by atomic mass is 10.3. The van der Waals surface area contributed by atoms with Crippen LogP contribution in [-0.4, -0.2) is 36.3 Å². The molecule has 0 saturated carbocycles. The van der Waals surface area contributed by atoms with Crippen molar-refractivity contribution in [3.8, 4) is 0 Å². The Morgan fingerprint density at radius 2 is 1.87 bits per heavy atom. The highest BCUT2D eigenvalue weighted by Crippen LogP contribution is 2.09. The number of para-hydroxylation sites is 1. The molecule has 0 aliphatic rings. The number of rotatable bonds is 2. The Morgan fingerprint density at radius 3 is 2.33 bits per heavy atom. The Balaban J connectivity index is 0.00000196. The van der Waals surface area contributed by atoms with Crippen LogP contribution in [0.15, 0.2) is 40.5 Å². The van der Waals surface area contributed by atoms with Crippen molar-refractivity contribution < 1.29 is 5.21 Å². The monoisotopic (exact) mass is 227 g/mol. The summed E-state index contributed by atoms with van der Waals surface area (Å²) < 4.78 is 0. The normalized spacial score (nSPS) is 11.2. The number of benzene rings is 1. The van der Waals surface area contributed by atoms with E-state index in [0.717, 1.165) is 5.69 Å². The minimum absolute atomic E-state index is 0. The summed E-state index contributed by atoms with van der Waals surface area (Å²) in [5.41, 5.74) is 0.830. The van der Waals surface area contributed by atoms with E-state index in [2.05, 4.69) is 10.1 Å². The first kappa shape index (κ1) is 13.5. The average Bonchev–Trinajstić information content (AvgIpc) is 2.18. The first-order valence-electron chi connectivity index (χ1n) is 4.22. The van der Waals surface area contributed by atoms with Crippen LogP contribution < -0.4 is 0 Å². The molecule has 0 spiro atoms. The summed E-state index contributed by atoms with van der Waals surface area (Å²) >= 11 is 0. The minimum Gasteiger partial charge on any atom is -0.411 e. The number of hydrogen-bond donors (Lipinski definition) is 1. The molecule has 0 unspecified atom stereocenters. The van der Waals surface area contributed by atoms with Gasteiger partial charge >= 0.3 is 0 Å². The molecule has 1 rings (SSSR count). The predicted molar refractivity (Wildman–Crippen MR) is 64.8 cm³/mol. The lowest BCUT2D eigenvalue weighted by Crippen LogP contribution is -2.22. The number of aliphatic imine (C=N–C) groups is 1. The maximum absolute atomic E-state index is 8.43. The zero-order valence-electron chi connectivity index (χ0n) is 8.66. The van der Waals surface area contributed by atoms with Gasteiger partial charge in [0.2, 0.25) is 0 Å². The van der Waals surface area contributed by atoms with Gasteiger partial charge in [0.1, 0.15) is 6.21 Å². The molecule has 0 fully saturated rings. The van der Waals surface area contributed by atoms with Crippen molar-refractivity contribution in [3.63, 3.8) is 0 Å². The molecule has 1 aromatic rings. The van der Waals surface area contributed by atoms with E-state index in [4.69, 9.17) is 5.21 Å². The van der Waals surface area contributed by atoms with Gasteiger partial charge in [0.05, 0.1) is 5.69 Å². The molecular formula is C10H14ClN3O. The molecule has 0 aliphatic heterocycles. The summed E-state index contributed by atoms with van der Waals surface area (Å²) in [7, 11) is 3.67. The summed E-state index contributed by atoms with van der Waals surface area (Å²) in [4.78, 5) is 6.05. The summed E-state index contributed by atoms with van der Waals surface area (Å²) in [6.07, 6.45) is 1.30. The van der Waals surface area contributed by atoms with Crippen molar-refractivity contribution in [1.82, 2.24) is 4.90 Å². The standard InChI is InChI=1S/C10H13N3O.ClH/c1-13(2)10(8-11-14)12-9-6-4-3-5-7-9;/h3-8,14H,1-2H3;1H. The molecule has 0 aliphatic carbocycles. The zero-order chi connectivity index (χ0) is 10.4. The van der Waals surface area contributed by atoms with Crippen molar-refractivity contribution in [1.29, 1.82) is 0 Å². The van der Waals surface area contributed by atoms with Crippen molar-refractivity contribution in [2.75, 3.05) is 14.1 Å². The lowest BCUT2D eigenvalue weighted by Gasteiger charge is -2.10. The van der Waals surface area contributed by atoms with E-state index < -0.39 is 0 Å². The van der Waals surface area contributed by atoms with Crippen molar-refractivity contribution in [3.05, 3.63) is 30.3 Å². The van der Waals surface area contributed by atoms with Crippen LogP contribution in [0.25, 0.3) is 0 Å². The maximum Gasteiger partial charge on any atom is 0.150 e. The van der Waals surface area contributed by atoms with Crippen LogP contribution in [0.3, 0.4) is 0 Å². The third-order valence-electron chi connectivity index (χ3n) is 1.63. The van der Waals surface area contributed by atoms with Crippen LogP contribution in [0.1, 0.15) is 0 Å². The molecule has 0 atom stereocenters. The first-order chi connectivity index (χ1) is 6.74. The Morgan fingerprint density at radius 1 is 1.27 bits per heavy atom. The summed E-state index contributed by atoms with van der Waals surface area (Å²) in [5.74, 6) is 0.596. The molecule has 0 saturated heterocycles. The van der Waals surface area contributed by atoms with Crippen molar-refractivity contribution in [2.24, 2.45) is 10.1 Å². The fourth-order valence-corrected chi connectivity index (χ4v) is 0.931. The SMILES string of the molecule is CN(C)C(C=NO)=Nc1ccccc1.Cl. The number of halogens is 1. The summed E-state index contributed by atoms with van der Waals surface area (Å²) in [5, 5.41) is 11.4. The van der Waals surface area contributed by atoms with Gasteiger partial charge in [-0.2, -0.15) is 0 Å². The quantitative estimate of drug-likeness (QED) is 0.364. The minimum atomic E-state index is 0. The summed E-state index contributed by atoms with van der Waals surface area (Å²) in [6, 6.07) is 9.50. The van der Waals surface area contributed by atoms with Gasteiger partial charge in [0.15, 0.2) is 5.84 Å². The van der Waals surface area contributed by atoms with E-state index in [-0.39, 0.29) is 12.4 Å². The molecular weight excluding hydrogens is 214 g/mol. The van der Waals surface area contributed by atoms with Gasteiger partial charge in [-0.05, 0) is 12.1 Å². The van der Waals surface area contributed by atoms with Crippen LogP contribution in [0.5, 0.6) is 0 Å². The summed E-state index contributed by atoms with van der Waals surface area (Å²) in [6.45, 7) is 0. The number of nitrogens with zero attached hydrogens (tertiary/aromatic N) is 3. The van der Waals surface area contributed by atoms with Crippen LogP contribution in [0.4, 0.5) is 5.69 Å². The highest BCUT2D eigenvalue weighted by molar-refractivity contribution is 6.29. The molecule has 0 aromatic heterocycles. The predicted octanol–water partition coefficient (Wildman–Crippen LogP) is 2.16. The molecule has 0 heterocycles. The van der Waals surface area contributed by atoms with Crippen LogP contribution in [-0.2, 0) is 0 Å². The highest BCUT2D eigenvalue weighted by atomic mass is 35.5. The molecule has 82 valence electrons. The van der Waals surface area contributed by atoms with Gasteiger partial charge in [-0.1, -0.05) is 23.4 Å². The molecule has 4 nitrogen and oxygen atoms in total. The third-order valence-corrected chi connectivity index (χ3v) is 1.63. The van der Waals surface area contributed by atoms with Gasteiger partial charge in [-0.3, -0.25) is 0 Å². The van der Waals surface area contributed by atoms with Gasteiger partial charge in [-0.25, -0.2) is 4.99 Å². The van der Waals surface area contributed by atoms with Gasteiger partial charge in [0, 0.05) is 14.1 Å². The molecule has 0 amide bonds. The van der Waals surface area contributed by atoms with Crippen LogP contribution in [0.2, 0.25) is 0 Å². The second kappa shape index (κ2) is 6.84. The van der Waals surface area contributed by atoms with E-state index in [1.54, 1.807) is 4.90 Å². The molecule has 15 heavy (non-hydrogen) atoms. The van der Waals surface area contributed by atoms with Gasteiger partial charge in [-0.15, -0.1) is 12.4 Å². The Labute approximate surface area is 95.3 Å². The van der Waals surface area contributed by atoms with Crippen molar-refractivity contribution in [2.45, 2.75) is 0 Å². The Kier molecular flexibility index (Phi) is 6.13. The molecule has 1 N–H and O–H groups in total. The number of amidine groups is 1. The highest BCUT2D eigenvalue weighted by Gasteiger charge is 1.97. The number of hydrogen-bond acceptors (Lipinski definition) is 3. The zero-order valence-corrected chi connectivity index (χ0v) is 9.48. The second-order valence-corrected chi connectivity index (χ2v) is 2.94. The molecule has 0 radical (unpaired) electrons. The average molecular weight is 228 g/mol. The first-order valence-corrected chi connectivity index (χ1v) is 4.22. The molecule has 1 aromatic carbocycles. The van der Waals surface area contributed by atoms with E-state index in [0.29, 0.717) is 5.84 Å². The molecule has 5 heteroatoms. The fourth-order valence-electron chi connectivity index (χ4n) is 0.931. The number of oxime groups is 1. The Bertz CT molecular complexity index is 336. The Hall–Kier alpha value is -1.55. The van der Waals surface area contributed by atoms with Crippen LogP contribution >= 0.6 is 12.4 Å². The maximum atomic E-state index is 8.43. The topological polar surface area (TPSA) is 48.2 Å². The van der Waals surface area contributed by atoms with E-state index >= 15 is 0 Å². The second-order valence-electron chi connectivity index (χ2n) is 2.94. The fraction of sp³-hybridized carbons (Fsp3) is 0.200. The van der Waals surface area contributed by atoms with Crippen LogP contribution in [0, 0.1) is 0 Å².